The number of primary amides is 1. The third-order valence-corrected chi connectivity index (χ3v) is 3.36. The number of nitrogens with zero attached hydrogens (tertiary/aromatic N) is 1. The molecule has 1 aromatic rings. The fraction of sp³-hybridized carbons (Fsp3) is 0.462. The Kier molecular flexibility index (Phi) is 3.72. The van der Waals surface area contributed by atoms with Crippen LogP contribution in [-0.2, 0) is 4.74 Å². The molecule has 1 aliphatic heterocycles. The van der Waals surface area contributed by atoms with Crippen molar-refractivity contribution in [2.75, 3.05) is 30.4 Å². The van der Waals surface area contributed by atoms with Gasteiger partial charge in [0.2, 0.25) is 0 Å². The van der Waals surface area contributed by atoms with Crippen LogP contribution in [0.1, 0.15) is 23.7 Å². The summed E-state index contributed by atoms with van der Waals surface area (Å²) in [6.45, 7) is 4.26. The van der Waals surface area contributed by atoms with Crippen LogP contribution in [0.4, 0.5) is 11.4 Å². The Morgan fingerprint density at radius 3 is 3.00 bits per heavy atom. The first-order valence-electron chi connectivity index (χ1n) is 6.17. The van der Waals surface area contributed by atoms with Gasteiger partial charge in [0, 0.05) is 6.54 Å². The van der Waals surface area contributed by atoms with Gasteiger partial charge in [0.1, 0.15) is 0 Å². The van der Waals surface area contributed by atoms with Gasteiger partial charge in [0.15, 0.2) is 0 Å². The van der Waals surface area contributed by atoms with E-state index in [0.29, 0.717) is 30.5 Å². The maximum atomic E-state index is 11.3. The summed E-state index contributed by atoms with van der Waals surface area (Å²) in [6, 6.07) is 5.69. The number of carbonyl (C=O) groups excluding carboxylic acids is 1. The lowest BCUT2D eigenvalue weighted by atomic mass is 10.1. The van der Waals surface area contributed by atoms with Crippen molar-refractivity contribution in [3.8, 4) is 0 Å². The molecule has 1 fully saturated rings. The summed E-state index contributed by atoms with van der Waals surface area (Å²) < 4.78 is 5.47. The molecule has 0 saturated carbocycles. The van der Waals surface area contributed by atoms with Gasteiger partial charge in [-0.3, -0.25) is 4.79 Å². The number of benzene rings is 1. The van der Waals surface area contributed by atoms with E-state index in [4.69, 9.17) is 16.2 Å². The summed E-state index contributed by atoms with van der Waals surface area (Å²) in [6.07, 6.45) is 0.972. The van der Waals surface area contributed by atoms with Gasteiger partial charge in [-0.25, -0.2) is 0 Å². The molecule has 98 valence electrons. The first-order valence-corrected chi connectivity index (χ1v) is 6.17. The average Bonchev–Trinajstić information content (AvgIpc) is 2.38. The lowest BCUT2D eigenvalue weighted by Crippen LogP contribution is -2.45. The molecule has 18 heavy (non-hydrogen) atoms. The van der Waals surface area contributed by atoms with E-state index in [0.717, 1.165) is 18.7 Å². The number of morpholine rings is 1. The summed E-state index contributed by atoms with van der Waals surface area (Å²) >= 11 is 0. The van der Waals surface area contributed by atoms with E-state index in [-0.39, 0.29) is 0 Å². The van der Waals surface area contributed by atoms with Gasteiger partial charge in [-0.2, -0.15) is 0 Å². The zero-order chi connectivity index (χ0) is 13.1. The summed E-state index contributed by atoms with van der Waals surface area (Å²) in [5, 5.41) is 0. The van der Waals surface area contributed by atoms with Crippen molar-refractivity contribution in [1.82, 2.24) is 0 Å². The van der Waals surface area contributed by atoms with Gasteiger partial charge < -0.3 is 21.1 Å². The number of ether oxygens (including phenoxy) is 1. The van der Waals surface area contributed by atoms with E-state index in [2.05, 4.69) is 11.8 Å². The zero-order valence-electron chi connectivity index (χ0n) is 10.6. The molecule has 1 atom stereocenters. The number of nitrogens with two attached hydrogens (primary N) is 2. The normalized spacial score (nSPS) is 19.8. The molecular formula is C13H19N3O2. The number of amides is 1. The quantitative estimate of drug-likeness (QED) is 0.782. The summed E-state index contributed by atoms with van der Waals surface area (Å²) in [5.41, 5.74) is 13.1. The van der Waals surface area contributed by atoms with Crippen LogP contribution in [-0.4, -0.2) is 31.7 Å². The molecule has 0 radical (unpaired) electrons. The summed E-state index contributed by atoms with van der Waals surface area (Å²) in [5.74, 6) is -0.490. The Balaban J connectivity index is 2.37. The van der Waals surface area contributed by atoms with Crippen LogP contribution in [0.3, 0.4) is 0 Å². The molecule has 1 heterocycles. The highest BCUT2D eigenvalue weighted by Gasteiger charge is 2.24. The highest BCUT2D eigenvalue weighted by Crippen LogP contribution is 2.29. The molecule has 1 saturated heterocycles. The standard InChI is InChI=1S/C13H19N3O2/c1-2-9-8-18-7-6-16(9)11-5-3-4-10(12(11)14)13(15)17/h3-5,9H,2,6-8,14H2,1H3,(H2,15,17). The number of hydrogen-bond donors (Lipinski definition) is 2. The Labute approximate surface area is 107 Å². The van der Waals surface area contributed by atoms with Gasteiger partial charge in [-0.05, 0) is 18.6 Å². The second kappa shape index (κ2) is 5.27. The number of hydrogen-bond acceptors (Lipinski definition) is 4. The fourth-order valence-corrected chi connectivity index (χ4v) is 2.33. The highest BCUT2D eigenvalue weighted by atomic mass is 16.5. The molecule has 0 aliphatic carbocycles. The lowest BCUT2D eigenvalue weighted by Gasteiger charge is -2.37. The lowest BCUT2D eigenvalue weighted by molar-refractivity contribution is 0.0930. The third-order valence-electron chi connectivity index (χ3n) is 3.36. The van der Waals surface area contributed by atoms with E-state index < -0.39 is 5.91 Å². The van der Waals surface area contributed by atoms with Crippen molar-refractivity contribution in [2.24, 2.45) is 5.73 Å². The molecule has 4 N–H and O–H groups in total. The fourth-order valence-electron chi connectivity index (χ4n) is 2.33. The SMILES string of the molecule is CCC1COCCN1c1cccc(C(N)=O)c1N. The van der Waals surface area contributed by atoms with Crippen molar-refractivity contribution >= 4 is 17.3 Å². The number of carbonyl (C=O) groups is 1. The monoisotopic (exact) mass is 249 g/mol. The van der Waals surface area contributed by atoms with E-state index in [1.54, 1.807) is 6.07 Å². The highest BCUT2D eigenvalue weighted by molar-refractivity contribution is 6.00. The predicted octanol–water partition coefficient (Wildman–Crippen LogP) is 0.983. The minimum absolute atomic E-state index is 0.296. The first-order chi connectivity index (χ1) is 8.65. The number of anilines is 2. The van der Waals surface area contributed by atoms with Gasteiger partial charge in [-0.1, -0.05) is 13.0 Å². The largest absolute Gasteiger partial charge is 0.396 e. The molecule has 1 unspecified atom stereocenters. The van der Waals surface area contributed by atoms with Crippen LogP contribution in [0.25, 0.3) is 0 Å². The third kappa shape index (κ3) is 2.26. The minimum atomic E-state index is -0.490. The van der Waals surface area contributed by atoms with Crippen molar-refractivity contribution < 1.29 is 9.53 Å². The second-order valence-electron chi connectivity index (χ2n) is 4.43. The van der Waals surface area contributed by atoms with E-state index >= 15 is 0 Å². The summed E-state index contributed by atoms with van der Waals surface area (Å²) in [7, 11) is 0. The molecule has 1 aromatic carbocycles. The van der Waals surface area contributed by atoms with E-state index in [1.807, 2.05) is 12.1 Å². The average molecular weight is 249 g/mol. The Morgan fingerprint density at radius 1 is 1.56 bits per heavy atom. The number of nitrogen functional groups attached to an aromatic ring is 1. The van der Waals surface area contributed by atoms with Crippen LogP contribution < -0.4 is 16.4 Å². The van der Waals surface area contributed by atoms with Crippen molar-refractivity contribution in [1.29, 1.82) is 0 Å². The molecule has 0 aromatic heterocycles. The Morgan fingerprint density at radius 2 is 2.33 bits per heavy atom. The molecule has 0 bridgehead atoms. The predicted molar refractivity (Wildman–Crippen MR) is 71.6 cm³/mol. The van der Waals surface area contributed by atoms with Gasteiger partial charge in [-0.15, -0.1) is 0 Å². The summed E-state index contributed by atoms with van der Waals surface area (Å²) in [4.78, 5) is 13.5. The number of rotatable bonds is 3. The van der Waals surface area contributed by atoms with Gasteiger partial charge in [0.25, 0.3) is 5.91 Å². The van der Waals surface area contributed by atoms with Crippen molar-refractivity contribution in [3.63, 3.8) is 0 Å². The maximum Gasteiger partial charge on any atom is 0.250 e. The second-order valence-corrected chi connectivity index (χ2v) is 4.43. The van der Waals surface area contributed by atoms with Crippen LogP contribution >= 0.6 is 0 Å². The van der Waals surface area contributed by atoms with Crippen molar-refractivity contribution in [2.45, 2.75) is 19.4 Å². The molecule has 2 rings (SSSR count). The Hall–Kier alpha value is -1.75. The van der Waals surface area contributed by atoms with Gasteiger partial charge >= 0.3 is 0 Å². The minimum Gasteiger partial charge on any atom is -0.396 e. The Bertz CT molecular complexity index is 448. The maximum absolute atomic E-state index is 11.3. The van der Waals surface area contributed by atoms with Crippen LogP contribution in [0.5, 0.6) is 0 Å². The molecule has 5 nitrogen and oxygen atoms in total. The molecular weight excluding hydrogens is 230 g/mol. The van der Waals surface area contributed by atoms with E-state index in [1.165, 1.54) is 0 Å². The molecule has 1 amide bonds. The molecule has 5 heteroatoms. The van der Waals surface area contributed by atoms with Crippen LogP contribution in [0.15, 0.2) is 18.2 Å². The number of para-hydroxylation sites is 1. The van der Waals surface area contributed by atoms with Crippen molar-refractivity contribution in [3.05, 3.63) is 23.8 Å². The topological polar surface area (TPSA) is 81.6 Å². The van der Waals surface area contributed by atoms with E-state index in [9.17, 15) is 4.79 Å². The molecule has 1 aliphatic rings. The van der Waals surface area contributed by atoms with Crippen LogP contribution in [0, 0.1) is 0 Å². The first kappa shape index (κ1) is 12.7. The molecule has 0 spiro atoms. The zero-order valence-corrected chi connectivity index (χ0v) is 10.6. The smallest absolute Gasteiger partial charge is 0.250 e. The van der Waals surface area contributed by atoms with Crippen LogP contribution in [0.2, 0.25) is 0 Å². The van der Waals surface area contributed by atoms with Gasteiger partial charge in [0.05, 0.1) is 36.2 Å².